The molecule has 4 aromatic rings. The lowest BCUT2D eigenvalue weighted by atomic mass is 10.1. The topological polar surface area (TPSA) is 75.3 Å². The third-order valence-corrected chi connectivity index (χ3v) is 5.83. The van der Waals surface area contributed by atoms with Crippen molar-refractivity contribution in [1.29, 1.82) is 0 Å². The molecule has 0 amide bonds. The second-order valence-corrected chi connectivity index (χ2v) is 7.97. The van der Waals surface area contributed by atoms with E-state index in [1.165, 1.54) is 5.69 Å². The smallest absolute Gasteiger partial charge is 0.156 e. The summed E-state index contributed by atoms with van der Waals surface area (Å²) in [5.74, 6) is 1.49. The fraction of sp³-hybridized carbons (Fsp3) is 0.231. The van der Waals surface area contributed by atoms with Gasteiger partial charge < -0.3 is 24.7 Å². The Morgan fingerprint density at radius 3 is 2.33 bits per heavy atom. The van der Waals surface area contributed by atoms with E-state index < -0.39 is 0 Å². The van der Waals surface area contributed by atoms with Crippen molar-refractivity contribution in [2.75, 3.05) is 45.3 Å². The van der Waals surface area contributed by atoms with Gasteiger partial charge in [0.25, 0.3) is 0 Å². The summed E-state index contributed by atoms with van der Waals surface area (Å²) in [4.78, 5) is 15.1. The maximum Gasteiger partial charge on any atom is 0.156 e. The number of methoxy groups -OCH3 is 2. The van der Waals surface area contributed by atoms with E-state index in [0.717, 1.165) is 71.4 Å². The van der Waals surface area contributed by atoms with E-state index in [9.17, 15) is 0 Å². The molecule has 0 atom stereocenters. The van der Waals surface area contributed by atoms with Gasteiger partial charge in [0.15, 0.2) is 5.65 Å². The summed E-state index contributed by atoms with van der Waals surface area (Å²) < 4.78 is 10.7. The zero-order valence-corrected chi connectivity index (χ0v) is 18.8. The van der Waals surface area contributed by atoms with Crippen molar-refractivity contribution in [3.8, 4) is 22.8 Å². The van der Waals surface area contributed by atoms with Crippen LogP contribution in [0.15, 0.2) is 54.7 Å². The first-order valence-corrected chi connectivity index (χ1v) is 11.0. The van der Waals surface area contributed by atoms with Gasteiger partial charge in [-0.25, -0.2) is 9.97 Å². The molecule has 1 aliphatic heterocycles. The second kappa shape index (κ2) is 9.34. The molecule has 0 unspecified atom stereocenters. The van der Waals surface area contributed by atoms with Gasteiger partial charge in [-0.1, -0.05) is 18.2 Å². The number of ether oxygens (including phenoxy) is 2. The summed E-state index contributed by atoms with van der Waals surface area (Å²) in [7, 11) is 3.29. The van der Waals surface area contributed by atoms with E-state index in [-0.39, 0.29) is 0 Å². The molecule has 0 radical (unpaired) electrons. The Hall–Kier alpha value is -3.84. The molecule has 5 rings (SSSR count). The van der Waals surface area contributed by atoms with Crippen LogP contribution in [0.1, 0.15) is 11.3 Å². The minimum absolute atomic E-state index is 0.744. The van der Waals surface area contributed by atoms with Crippen molar-refractivity contribution in [3.05, 3.63) is 66.0 Å². The number of anilines is 1. The van der Waals surface area contributed by atoms with Crippen molar-refractivity contribution >= 4 is 29.0 Å². The van der Waals surface area contributed by atoms with Crippen LogP contribution in [-0.4, -0.2) is 55.4 Å². The number of fused-ring (bicyclic) bond motifs is 1. The zero-order valence-electron chi connectivity index (χ0n) is 18.8. The Kier molecular flexibility index (Phi) is 5.95. The molecule has 168 valence electrons. The first-order valence-electron chi connectivity index (χ1n) is 11.0. The summed E-state index contributed by atoms with van der Waals surface area (Å²) in [6.07, 6.45) is 5.68. The Labute approximate surface area is 193 Å². The van der Waals surface area contributed by atoms with E-state index >= 15 is 0 Å². The molecule has 1 aliphatic rings. The van der Waals surface area contributed by atoms with E-state index in [1.54, 1.807) is 20.4 Å². The van der Waals surface area contributed by atoms with Gasteiger partial charge in [0.05, 0.1) is 26.1 Å². The van der Waals surface area contributed by atoms with E-state index in [0.29, 0.717) is 0 Å². The molecule has 3 heterocycles. The van der Waals surface area contributed by atoms with Gasteiger partial charge in [0, 0.05) is 43.6 Å². The van der Waals surface area contributed by atoms with Crippen molar-refractivity contribution in [1.82, 2.24) is 20.3 Å². The SMILES string of the molecule is COc1cc(/C=C/c2cnc3[nH]c(-c4ccc(N5CCNCC5)cc4)cc3n2)cc(OC)c1. The van der Waals surface area contributed by atoms with Crippen LogP contribution >= 0.6 is 0 Å². The summed E-state index contributed by atoms with van der Waals surface area (Å²) in [5.41, 5.74) is 6.74. The number of H-pyrrole nitrogens is 1. The highest BCUT2D eigenvalue weighted by Crippen LogP contribution is 2.26. The van der Waals surface area contributed by atoms with Gasteiger partial charge in [-0.05, 0) is 47.5 Å². The largest absolute Gasteiger partial charge is 0.497 e. The molecule has 0 aliphatic carbocycles. The van der Waals surface area contributed by atoms with Crippen LogP contribution < -0.4 is 19.7 Å². The fourth-order valence-electron chi connectivity index (χ4n) is 4.03. The van der Waals surface area contributed by atoms with Crippen LogP contribution in [0.3, 0.4) is 0 Å². The highest BCUT2D eigenvalue weighted by atomic mass is 16.5. The van der Waals surface area contributed by atoms with Crippen molar-refractivity contribution in [2.45, 2.75) is 0 Å². The summed E-state index contributed by atoms with van der Waals surface area (Å²) >= 11 is 0. The maximum atomic E-state index is 5.34. The monoisotopic (exact) mass is 441 g/mol. The molecule has 0 saturated carbocycles. The van der Waals surface area contributed by atoms with Crippen LogP contribution in [0.4, 0.5) is 5.69 Å². The van der Waals surface area contributed by atoms with Gasteiger partial charge >= 0.3 is 0 Å². The normalized spacial score (nSPS) is 14.2. The lowest BCUT2D eigenvalue weighted by Gasteiger charge is -2.29. The number of benzene rings is 2. The fourth-order valence-corrected chi connectivity index (χ4v) is 4.03. The van der Waals surface area contributed by atoms with Crippen LogP contribution in [0.2, 0.25) is 0 Å². The van der Waals surface area contributed by atoms with Gasteiger partial charge in [-0.3, -0.25) is 0 Å². The van der Waals surface area contributed by atoms with Crippen LogP contribution in [0.5, 0.6) is 11.5 Å². The van der Waals surface area contributed by atoms with Crippen LogP contribution in [0, 0.1) is 0 Å². The first kappa shape index (κ1) is 21.0. The molecule has 2 N–H and O–H groups in total. The minimum atomic E-state index is 0.744. The number of hydrogen-bond acceptors (Lipinski definition) is 6. The molecular formula is C26H27N5O2. The minimum Gasteiger partial charge on any atom is -0.497 e. The standard InChI is InChI=1S/C26H27N5O2/c1-32-22-13-18(14-23(15-22)33-2)3-6-20-17-28-26-25(29-20)16-24(30-26)19-4-7-21(8-5-19)31-11-9-27-10-12-31/h3-8,13-17,27H,9-12H2,1-2H3,(H,28,30)/b6-3+. The van der Waals surface area contributed by atoms with Crippen molar-refractivity contribution < 1.29 is 9.47 Å². The average molecular weight is 442 g/mol. The lowest BCUT2D eigenvalue weighted by Crippen LogP contribution is -2.43. The molecule has 33 heavy (non-hydrogen) atoms. The Balaban J connectivity index is 1.36. The molecule has 7 nitrogen and oxygen atoms in total. The van der Waals surface area contributed by atoms with Gasteiger partial charge in [-0.2, -0.15) is 0 Å². The third kappa shape index (κ3) is 4.68. The molecule has 0 bridgehead atoms. The highest BCUT2D eigenvalue weighted by Gasteiger charge is 2.11. The van der Waals surface area contributed by atoms with Crippen molar-refractivity contribution in [2.24, 2.45) is 0 Å². The molecule has 2 aromatic heterocycles. The Morgan fingerprint density at radius 1 is 0.909 bits per heavy atom. The highest BCUT2D eigenvalue weighted by molar-refractivity contribution is 5.81. The van der Waals surface area contributed by atoms with Crippen molar-refractivity contribution in [3.63, 3.8) is 0 Å². The zero-order chi connectivity index (χ0) is 22.6. The summed E-state index contributed by atoms with van der Waals surface area (Å²) in [5, 5.41) is 3.39. The predicted octanol–water partition coefficient (Wildman–Crippen LogP) is 4.22. The maximum absolute atomic E-state index is 5.34. The molecular weight excluding hydrogens is 414 g/mol. The number of rotatable bonds is 6. The predicted molar refractivity (Wildman–Crippen MR) is 133 cm³/mol. The second-order valence-electron chi connectivity index (χ2n) is 7.97. The molecule has 1 saturated heterocycles. The summed E-state index contributed by atoms with van der Waals surface area (Å²) in [6, 6.07) is 16.5. The quantitative estimate of drug-likeness (QED) is 0.467. The van der Waals surface area contributed by atoms with Gasteiger partial charge in [-0.15, -0.1) is 0 Å². The van der Waals surface area contributed by atoms with Gasteiger partial charge in [0.1, 0.15) is 17.0 Å². The summed E-state index contributed by atoms with van der Waals surface area (Å²) in [6.45, 7) is 4.14. The number of hydrogen-bond donors (Lipinski definition) is 2. The number of piperazine rings is 1. The van der Waals surface area contributed by atoms with E-state index in [4.69, 9.17) is 14.5 Å². The van der Waals surface area contributed by atoms with Crippen LogP contribution in [-0.2, 0) is 0 Å². The molecule has 7 heteroatoms. The van der Waals surface area contributed by atoms with Crippen LogP contribution in [0.25, 0.3) is 34.6 Å². The average Bonchev–Trinajstić information content (AvgIpc) is 3.31. The van der Waals surface area contributed by atoms with E-state index in [2.05, 4.69) is 44.5 Å². The first-order chi connectivity index (χ1) is 16.2. The van der Waals surface area contributed by atoms with E-state index in [1.807, 2.05) is 36.4 Å². The third-order valence-electron chi connectivity index (χ3n) is 5.83. The number of nitrogens with one attached hydrogen (secondary N) is 2. The number of aromatic amines is 1. The molecule has 0 spiro atoms. The molecule has 1 fully saturated rings. The Morgan fingerprint density at radius 2 is 1.64 bits per heavy atom. The molecule has 2 aromatic carbocycles. The lowest BCUT2D eigenvalue weighted by molar-refractivity contribution is 0.394. The Bertz CT molecular complexity index is 1250. The number of nitrogens with zero attached hydrogens (tertiary/aromatic N) is 3. The number of aromatic nitrogens is 3. The van der Waals surface area contributed by atoms with Gasteiger partial charge in [0.2, 0.25) is 0 Å².